The quantitative estimate of drug-likeness (QED) is 0.636. The Bertz CT molecular complexity index is 1080. The molecule has 4 rings (SSSR count). The van der Waals surface area contributed by atoms with Crippen LogP contribution in [0.25, 0.3) is 0 Å². The van der Waals surface area contributed by atoms with Crippen molar-refractivity contribution >= 4 is 27.3 Å². The normalized spacial score (nSPS) is 16.4. The van der Waals surface area contributed by atoms with E-state index in [1.54, 1.807) is 24.3 Å². The Kier molecular flexibility index (Phi) is 5.61. The van der Waals surface area contributed by atoms with E-state index in [-0.39, 0.29) is 5.75 Å². The number of nitrogens with one attached hydrogen (secondary N) is 1. The number of aryl methyl sites for hydroxylation is 2. The number of fused-ring (bicyclic) bond motifs is 1. The molecule has 0 saturated carbocycles. The van der Waals surface area contributed by atoms with Gasteiger partial charge in [0.2, 0.25) is 10.0 Å². The van der Waals surface area contributed by atoms with Crippen LogP contribution in [-0.4, -0.2) is 23.2 Å². The minimum absolute atomic E-state index is 0.0925. The molecule has 0 amide bonds. The van der Waals surface area contributed by atoms with Crippen LogP contribution in [0.3, 0.4) is 0 Å². The summed E-state index contributed by atoms with van der Waals surface area (Å²) in [7, 11) is -3.49. The molecule has 8 heteroatoms. The maximum Gasteiger partial charge on any atom is 0.236 e. The summed E-state index contributed by atoms with van der Waals surface area (Å²) in [4.78, 5) is 0. The predicted octanol–water partition coefficient (Wildman–Crippen LogP) is 4.17. The van der Waals surface area contributed by atoms with Crippen molar-refractivity contribution in [1.82, 2.24) is 14.8 Å². The molecule has 2 aromatic carbocycles. The minimum atomic E-state index is -3.49. The lowest BCUT2D eigenvalue weighted by molar-refractivity contribution is 0.447. The van der Waals surface area contributed by atoms with Gasteiger partial charge in [0, 0.05) is 36.0 Å². The van der Waals surface area contributed by atoms with Crippen molar-refractivity contribution in [2.75, 3.05) is 4.72 Å². The highest BCUT2D eigenvalue weighted by Gasteiger charge is 2.23. The average molecular weight is 431 g/mol. The summed E-state index contributed by atoms with van der Waals surface area (Å²) in [6.45, 7) is 2.96. The van der Waals surface area contributed by atoms with Crippen molar-refractivity contribution in [3.8, 4) is 0 Å². The van der Waals surface area contributed by atoms with Gasteiger partial charge in [0.25, 0.3) is 0 Å². The molecule has 1 aromatic heterocycles. The number of aromatic nitrogens is 3. The monoisotopic (exact) mass is 430 g/mol. The second-order valence-corrected chi connectivity index (χ2v) is 9.50. The largest absolute Gasteiger partial charge is 0.314 e. The first kappa shape index (κ1) is 19.9. The molecule has 6 nitrogen and oxygen atoms in total. The third-order valence-corrected chi connectivity index (χ3v) is 6.78. The fourth-order valence-electron chi connectivity index (χ4n) is 3.76. The molecule has 3 aromatic rings. The Morgan fingerprint density at radius 2 is 1.83 bits per heavy atom. The fourth-order valence-corrected chi connectivity index (χ4v) is 5.08. The van der Waals surface area contributed by atoms with Gasteiger partial charge in [0.15, 0.2) is 0 Å². The first-order valence-corrected chi connectivity index (χ1v) is 11.7. The maximum absolute atomic E-state index is 12.5. The van der Waals surface area contributed by atoms with Crippen LogP contribution in [-0.2, 0) is 35.2 Å². The molecule has 1 atom stereocenters. The van der Waals surface area contributed by atoms with Crippen LogP contribution in [0.5, 0.6) is 0 Å². The molecular formula is C21H23ClN4O2S. The van der Waals surface area contributed by atoms with E-state index in [4.69, 9.17) is 11.6 Å². The number of hydrogen-bond donors (Lipinski definition) is 1. The lowest BCUT2D eigenvalue weighted by atomic mass is 9.91. The maximum atomic E-state index is 12.5. The van der Waals surface area contributed by atoms with Crippen LogP contribution in [0.2, 0.25) is 5.02 Å². The number of hydrogen-bond acceptors (Lipinski definition) is 4. The zero-order valence-electron chi connectivity index (χ0n) is 16.2. The Balaban J connectivity index is 1.43. The van der Waals surface area contributed by atoms with Gasteiger partial charge in [-0.05, 0) is 41.8 Å². The van der Waals surface area contributed by atoms with Gasteiger partial charge in [-0.1, -0.05) is 42.8 Å². The summed E-state index contributed by atoms with van der Waals surface area (Å²) in [6, 6.07) is 14.5. The Morgan fingerprint density at radius 3 is 2.52 bits per heavy atom. The van der Waals surface area contributed by atoms with E-state index in [0.717, 1.165) is 37.5 Å². The van der Waals surface area contributed by atoms with Gasteiger partial charge in [-0.3, -0.25) is 4.72 Å². The Hall–Kier alpha value is -2.38. The van der Waals surface area contributed by atoms with Crippen molar-refractivity contribution in [2.24, 2.45) is 0 Å². The lowest BCUT2D eigenvalue weighted by Gasteiger charge is -2.24. The van der Waals surface area contributed by atoms with Crippen molar-refractivity contribution in [3.05, 3.63) is 76.3 Å². The van der Waals surface area contributed by atoms with E-state index in [1.807, 2.05) is 24.3 Å². The standard InChI is InChI=1S/C21H23ClN4O2S/c1-2-20-23-24-21-12-7-17(13-26(20)21)16-5-10-19(11-6-16)25-29(27,28)14-15-3-8-18(22)9-4-15/h3-6,8-11,17,25H,2,7,12-14H2,1H3/t17-/m1/s1. The second-order valence-electron chi connectivity index (χ2n) is 7.34. The zero-order valence-corrected chi connectivity index (χ0v) is 17.7. The molecule has 0 fully saturated rings. The third-order valence-electron chi connectivity index (χ3n) is 5.26. The molecule has 0 radical (unpaired) electrons. The van der Waals surface area contributed by atoms with E-state index >= 15 is 0 Å². The zero-order chi connectivity index (χ0) is 20.4. The molecule has 0 saturated heterocycles. The lowest BCUT2D eigenvalue weighted by Crippen LogP contribution is -2.20. The van der Waals surface area contributed by atoms with Crippen LogP contribution in [0.1, 0.15) is 42.0 Å². The molecule has 0 bridgehead atoms. The molecule has 0 aliphatic carbocycles. The Labute approximate surface area is 176 Å². The summed E-state index contributed by atoms with van der Waals surface area (Å²) in [5.41, 5.74) is 2.46. The summed E-state index contributed by atoms with van der Waals surface area (Å²) < 4.78 is 29.8. The fraction of sp³-hybridized carbons (Fsp3) is 0.333. The third kappa shape index (κ3) is 4.62. The van der Waals surface area contributed by atoms with E-state index in [2.05, 4.69) is 26.4 Å². The van der Waals surface area contributed by atoms with E-state index in [0.29, 0.717) is 22.2 Å². The van der Waals surface area contributed by atoms with E-state index in [1.165, 1.54) is 5.56 Å². The molecule has 29 heavy (non-hydrogen) atoms. The molecule has 1 aliphatic rings. The van der Waals surface area contributed by atoms with Gasteiger partial charge in [-0.25, -0.2) is 8.42 Å². The number of rotatable bonds is 6. The summed E-state index contributed by atoms with van der Waals surface area (Å²) in [6.07, 6.45) is 2.80. The summed E-state index contributed by atoms with van der Waals surface area (Å²) >= 11 is 5.86. The van der Waals surface area contributed by atoms with Crippen LogP contribution >= 0.6 is 11.6 Å². The molecule has 1 aliphatic heterocycles. The van der Waals surface area contributed by atoms with Crippen LogP contribution in [0, 0.1) is 0 Å². The van der Waals surface area contributed by atoms with Crippen molar-refractivity contribution < 1.29 is 8.42 Å². The summed E-state index contributed by atoms with van der Waals surface area (Å²) in [5.74, 6) is 2.37. The highest BCUT2D eigenvalue weighted by molar-refractivity contribution is 7.91. The molecule has 0 spiro atoms. The van der Waals surface area contributed by atoms with Gasteiger partial charge in [-0.2, -0.15) is 0 Å². The number of halogens is 1. The van der Waals surface area contributed by atoms with Crippen molar-refractivity contribution in [3.63, 3.8) is 0 Å². The summed E-state index contributed by atoms with van der Waals surface area (Å²) in [5, 5.41) is 9.13. The van der Waals surface area contributed by atoms with Crippen molar-refractivity contribution in [1.29, 1.82) is 0 Å². The first-order valence-electron chi connectivity index (χ1n) is 9.69. The van der Waals surface area contributed by atoms with Gasteiger partial charge in [0.05, 0.1) is 5.75 Å². The Morgan fingerprint density at radius 1 is 1.10 bits per heavy atom. The molecular weight excluding hydrogens is 408 g/mol. The minimum Gasteiger partial charge on any atom is -0.314 e. The van der Waals surface area contributed by atoms with Crippen LogP contribution in [0.15, 0.2) is 48.5 Å². The van der Waals surface area contributed by atoms with Crippen LogP contribution in [0.4, 0.5) is 5.69 Å². The van der Waals surface area contributed by atoms with Gasteiger partial charge in [0.1, 0.15) is 11.6 Å². The smallest absolute Gasteiger partial charge is 0.236 e. The van der Waals surface area contributed by atoms with E-state index in [9.17, 15) is 8.42 Å². The number of anilines is 1. The molecule has 1 N–H and O–H groups in total. The van der Waals surface area contributed by atoms with E-state index < -0.39 is 10.0 Å². The number of sulfonamides is 1. The number of nitrogens with zero attached hydrogens (tertiary/aromatic N) is 3. The molecule has 152 valence electrons. The topological polar surface area (TPSA) is 76.9 Å². The van der Waals surface area contributed by atoms with Gasteiger partial charge < -0.3 is 4.57 Å². The highest BCUT2D eigenvalue weighted by Crippen LogP contribution is 2.30. The van der Waals surface area contributed by atoms with Gasteiger partial charge in [-0.15, -0.1) is 10.2 Å². The molecule has 0 unspecified atom stereocenters. The number of benzene rings is 2. The second kappa shape index (κ2) is 8.16. The van der Waals surface area contributed by atoms with Crippen LogP contribution < -0.4 is 4.72 Å². The highest BCUT2D eigenvalue weighted by atomic mass is 35.5. The van der Waals surface area contributed by atoms with Gasteiger partial charge >= 0.3 is 0 Å². The molecule has 2 heterocycles. The van der Waals surface area contributed by atoms with Crippen molar-refractivity contribution in [2.45, 2.75) is 44.4 Å². The average Bonchev–Trinajstić information content (AvgIpc) is 3.12. The predicted molar refractivity (Wildman–Crippen MR) is 115 cm³/mol. The SMILES string of the molecule is CCc1nnc2n1C[C@H](c1ccc(NS(=O)(=O)Cc3ccc(Cl)cc3)cc1)CC2. The first-order chi connectivity index (χ1) is 13.9.